The number of likely N-dealkylation sites (tertiary alicyclic amines) is 1. The van der Waals surface area contributed by atoms with Crippen molar-refractivity contribution in [3.05, 3.63) is 65.2 Å². The molecule has 2 aliphatic heterocycles. The predicted molar refractivity (Wildman–Crippen MR) is 102 cm³/mol. The van der Waals surface area contributed by atoms with Gasteiger partial charge in [0.2, 0.25) is 0 Å². The highest BCUT2D eigenvalue weighted by atomic mass is 16.3. The minimum absolute atomic E-state index is 0.157. The second kappa shape index (κ2) is 6.81. The van der Waals surface area contributed by atoms with Crippen LogP contribution in [0.1, 0.15) is 29.5 Å². The molecule has 0 aromatic heterocycles. The molecule has 25 heavy (non-hydrogen) atoms. The van der Waals surface area contributed by atoms with Crippen LogP contribution in [0.25, 0.3) is 0 Å². The number of phenols is 1. The molecule has 4 rings (SSSR count). The number of hydrogen-bond donors (Lipinski definition) is 1. The largest absolute Gasteiger partial charge is 0.508 e. The number of phenolic OH excluding ortho intramolecular Hbond substituents is 1. The minimum Gasteiger partial charge on any atom is -0.508 e. The second-order valence-electron chi connectivity index (χ2n) is 7.62. The van der Waals surface area contributed by atoms with Gasteiger partial charge < -0.3 is 10.0 Å². The number of nitrogens with zero attached hydrogens (tertiary/aromatic N) is 2. The summed E-state index contributed by atoms with van der Waals surface area (Å²) in [4.78, 5) is 5.17. The van der Waals surface area contributed by atoms with Crippen LogP contribution in [-0.4, -0.2) is 48.1 Å². The smallest absolute Gasteiger partial charge is 0.115 e. The van der Waals surface area contributed by atoms with Gasteiger partial charge in [-0.05, 0) is 61.6 Å². The molecule has 1 N–H and O–H groups in total. The standard InChI is InChI=1S/C22H28N2O/c1-23-13-10-19-17-20(25)7-8-21(19)22(23)11-15-24(16-12-22)14-9-18-5-3-2-4-6-18/h2-8,17,25H,9-16H2,1H3. The van der Waals surface area contributed by atoms with E-state index in [0.29, 0.717) is 5.75 Å². The maximum atomic E-state index is 9.84. The van der Waals surface area contributed by atoms with Crippen molar-refractivity contribution in [2.45, 2.75) is 31.2 Å². The summed E-state index contributed by atoms with van der Waals surface area (Å²) in [6, 6.07) is 16.8. The van der Waals surface area contributed by atoms with Crippen molar-refractivity contribution in [1.82, 2.24) is 9.80 Å². The van der Waals surface area contributed by atoms with E-state index in [0.717, 1.165) is 39.0 Å². The van der Waals surface area contributed by atoms with Crippen LogP contribution in [0.5, 0.6) is 5.75 Å². The van der Waals surface area contributed by atoms with Crippen molar-refractivity contribution in [2.24, 2.45) is 0 Å². The highest BCUT2D eigenvalue weighted by Crippen LogP contribution is 2.43. The summed E-state index contributed by atoms with van der Waals surface area (Å²) in [5.74, 6) is 0.402. The van der Waals surface area contributed by atoms with Crippen molar-refractivity contribution in [2.75, 3.05) is 33.2 Å². The van der Waals surface area contributed by atoms with Crippen LogP contribution >= 0.6 is 0 Å². The van der Waals surface area contributed by atoms with Crippen LogP contribution in [-0.2, 0) is 18.4 Å². The summed E-state index contributed by atoms with van der Waals surface area (Å²) in [5, 5.41) is 9.84. The van der Waals surface area contributed by atoms with Crippen molar-refractivity contribution in [3.63, 3.8) is 0 Å². The van der Waals surface area contributed by atoms with Crippen molar-refractivity contribution in [3.8, 4) is 5.75 Å². The van der Waals surface area contributed by atoms with Gasteiger partial charge in [-0.2, -0.15) is 0 Å². The molecule has 0 unspecified atom stereocenters. The van der Waals surface area contributed by atoms with Gasteiger partial charge in [-0.1, -0.05) is 36.4 Å². The molecule has 0 amide bonds. The fraction of sp³-hybridized carbons (Fsp3) is 0.455. The molecule has 3 nitrogen and oxygen atoms in total. The lowest BCUT2D eigenvalue weighted by Gasteiger charge is -2.51. The topological polar surface area (TPSA) is 26.7 Å². The molecule has 2 aromatic rings. The van der Waals surface area contributed by atoms with E-state index in [4.69, 9.17) is 0 Å². The molecule has 3 heteroatoms. The predicted octanol–water partition coefficient (Wildman–Crippen LogP) is 3.41. The Morgan fingerprint density at radius 3 is 2.52 bits per heavy atom. The summed E-state index contributed by atoms with van der Waals surface area (Å²) < 4.78 is 0. The maximum absolute atomic E-state index is 9.84. The first-order chi connectivity index (χ1) is 12.2. The van der Waals surface area contributed by atoms with Crippen LogP contribution in [0.15, 0.2) is 48.5 Å². The zero-order valence-corrected chi connectivity index (χ0v) is 15.1. The second-order valence-corrected chi connectivity index (χ2v) is 7.62. The summed E-state index contributed by atoms with van der Waals surface area (Å²) in [5.41, 5.74) is 4.38. The van der Waals surface area contributed by atoms with Gasteiger partial charge >= 0.3 is 0 Å². The van der Waals surface area contributed by atoms with E-state index in [2.05, 4.69) is 53.2 Å². The van der Waals surface area contributed by atoms with Crippen LogP contribution < -0.4 is 0 Å². The Morgan fingerprint density at radius 1 is 1.00 bits per heavy atom. The van der Waals surface area contributed by atoms with E-state index in [1.54, 1.807) is 0 Å². The monoisotopic (exact) mass is 336 g/mol. The lowest BCUT2D eigenvalue weighted by molar-refractivity contribution is 0.0283. The molecule has 132 valence electrons. The normalized spacial score (nSPS) is 20.5. The molecule has 1 fully saturated rings. The van der Waals surface area contributed by atoms with Crippen LogP contribution in [0.4, 0.5) is 0 Å². The highest BCUT2D eigenvalue weighted by Gasteiger charge is 2.42. The van der Waals surface area contributed by atoms with Crippen LogP contribution in [0, 0.1) is 0 Å². The average molecular weight is 336 g/mol. The number of rotatable bonds is 3. The number of likely N-dealkylation sites (N-methyl/N-ethyl adjacent to an activating group) is 1. The third kappa shape index (κ3) is 3.19. The summed E-state index contributed by atoms with van der Waals surface area (Å²) in [6.45, 7) is 4.53. The molecule has 0 saturated carbocycles. The SMILES string of the molecule is CN1CCc2cc(O)ccc2C12CCN(CCc1ccccc1)CC2. The highest BCUT2D eigenvalue weighted by molar-refractivity contribution is 5.41. The average Bonchev–Trinajstić information content (AvgIpc) is 2.65. The molecule has 1 spiro atoms. The molecular formula is C22H28N2O. The molecule has 0 radical (unpaired) electrons. The molecule has 0 aliphatic carbocycles. The fourth-order valence-electron chi connectivity index (χ4n) is 4.68. The van der Waals surface area contributed by atoms with E-state index in [9.17, 15) is 5.11 Å². The van der Waals surface area contributed by atoms with E-state index in [-0.39, 0.29) is 5.54 Å². The van der Waals surface area contributed by atoms with E-state index in [1.807, 2.05) is 12.1 Å². The number of fused-ring (bicyclic) bond motifs is 2. The van der Waals surface area contributed by atoms with Gasteiger partial charge in [0.15, 0.2) is 0 Å². The van der Waals surface area contributed by atoms with Gasteiger partial charge in [-0.25, -0.2) is 0 Å². The molecule has 1 saturated heterocycles. The van der Waals surface area contributed by atoms with Crippen molar-refractivity contribution in [1.29, 1.82) is 0 Å². The number of benzene rings is 2. The molecule has 2 heterocycles. The van der Waals surface area contributed by atoms with Crippen LogP contribution in [0.3, 0.4) is 0 Å². The zero-order chi connectivity index (χ0) is 17.3. The third-order valence-electron chi connectivity index (χ3n) is 6.28. The lowest BCUT2D eigenvalue weighted by atomic mass is 9.74. The van der Waals surface area contributed by atoms with Crippen molar-refractivity contribution >= 4 is 0 Å². The molecule has 0 atom stereocenters. The quantitative estimate of drug-likeness (QED) is 0.930. The van der Waals surface area contributed by atoms with Crippen LogP contribution in [0.2, 0.25) is 0 Å². The first kappa shape index (κ1) is 16.6. The Hall–Kier alpha value is -1.84. The number of hydrogen-bond acceptors (Lipinski definition) is 3. The van der Waals surface area contributed by atoms with Crippen molar-refractivity contribution < 1.29 is 5.11 Å². The fourth-order valence-corrected chi connectivity index (χ4v) is 4.68. The van der Waals surface area contributed by atoms with E-state index in [1.165, 1.54) is 29.5 Å². The summed E-state index contributed by atoms with van der Waals surface area (Å²) >= 11 is 0. The lowest BCUT2D eigenvalue weighted by Crippen LogP contribution is -2.54. The minimum atomic E-state index is 0.157. The third-order valence-corrected chi connectivity index (χ3v) is 6.28. The van der Waals surface area contributed by atoms with Gasteiger partial charge in [-0.15, -0.1) is 0 Å². The first-order valence-electron chi connectivity index (χ1n) is 9.47. The Labute approximate surface area is 150 Å². The Balaban J connectivity index is 1.45. The number of aromatic hydroxyl groups is 1. The van der Waals surface area contributed by atoms with E-state index < -0.39 is 0 Å². The zero-order valence-electron chi connectivity index (χ0n) is 15.1. The van der Waals surface area contributed by atoms with Gasteiger partial charge in [-0.3, -0.25) is 4.90 Å². The summed E-state index contributed by atoms with van der Waals surface area (Å²) in [7, 11) is 2.27. The van der Waals surface area contributed by atoms with Gasteiger partial charge in [0.25, 0.3) is 0 Å². The Kier molecular flexibility index (Phi) is 4.53. The van der Waals surface area contributed by atoms with Gasteiger partial charge in [0.05, 0.1) is 0 Å². The number of piperidine rings is 1. The first-order valence-corrected chi connectivity index (χ1v) is 9.47. The summed E-state index contributed by atoms with van der Waals surface area (Å²) in [6.07, 6.45) is 4.53. The molecule has 2 aromatic carbocycles. The Bertz CT molecular complexity index is 720. The Morgan fingerprint density at radius 2 is 1.76 bits per heavy atom. The van der Waals surface area contributed by atoms with Gasteiger partial charge in [0, 0.05) is 31.7 Å². The van der Waals surface area contributed by atoms with E-state index >= 15 is 0 Å². The van der Waals surface area contributed by atoms with Gasteiger partial charge in [0.1, 0.15) is 5.75 Å². The molecular weight excluding hydrogens is 308 g/mol. The maximum Gasteiger partial charge on any atom is 0.115 e. The molecule has 2 aliphatic rings. The molecule has 0 bridgehead atoms.